The van der Waals surface area contributed by atoms with Crippen molar-refractivity contribution in [1.29, 1.82) is 0 Å². The summed E-state index contributed by atoms with van der Waals surface area (Å²) in [5, 5.41) is 0. The second-order valence-corrected chi connectivity index (χ2v) is 34.0. The molecule has 0 radical (unpaired) electrons. The molecule has 2 aliphatic carbocycles. The van der Waals surface area contributed by atoms with Crippen LogP contribution in [0, 0.1) is 0 Å². The topological polar surface area (TPSA) is 0 Å². The Morgan fingerprint density at radius 3 is 1.26 bits per heavy atom. The summed E-state index contributed by atoms with van der Waals surface area (Å²) in [6, 6.07) is 33.1. The number of fused-ring (bicyclic) bond motifs is 2. The molecule has 0 amide bonds. The third-order valence-electron chi connectivity index (χ3n) is 10.4. The Morgan fingerprint density at radius 2 is 0.870 bits per heavy atom. The molecule has 0 fully saturated rings. The van der Waals surface area contributed by atoms with Gasteiger partial charge in [0.2, 0.25) is 0 Å². The van der Waals surface area contributed by atoms with Crippen molar-refractivity contribution in [2.75, 3.05) is 0 Å². The Balaban J connectivity index is 1.51. The molecule has 2 atom stereocenters. The van der Waals surface area contributed by atoms with Gasteiger partial charge in [-0.15, -0.1) is 0 Å². The Morgan fingerprint density at radius 1 is 0.478 bits per heavy atom. The first kappa shape index (κ1) is 33.4. The van der Waals surface area contributed by atoms with Gasteiger partial charge < -0.3 is 0 Å². The fourth-order valence-electron chi connectivity index (χ4n) is 8.57. The van der Waals surface area contributed by atoms with Crippen molar-refractivity contribution in [2.24, 2.45) is 0 Å². The van der Waals surface area contributed by atoms with E-state index >= 15 is 0 Å². The molecule has 0 aromatic heterocycles. The third-order valence-corrected chi connectivity index (χ3v) is 32.1. The van der Waals surface area contributed by atoms with Crippen LogP contribution < -0.4 is 0 Å². The van der Waals surface area contributed by atoms with E-state index in [-0.39, 0.29) is 0 Å². The van der Waals surface area contributed by atoms with Gasteiger partial charge in [0.1, 0.15) is 0 Å². The summed E-state index contributed by atoms with van der Waals surface area (Å²) in [4.78, 5) is 0. The number of allylic oxidation sites excluding steroid dienone is 2. The van der Waals surface area contributed by atoms with Gasteiger partial charge in [0.15, 0.2) is 0 Å². The van der Waals surface area contributed by atoms with Crippen LogP contribution in [0.25, 0.3) is 34.4 Å². The molecule has 0 spiro atoms. The first-order chi connectivity index (χ1) is 22.5. The molecule has 0 N–H and O–H groups in total. The van der Waals surface area contributed by atoms with Crippen molar-refractivity contribution >= 4 is 18.1 Å². The SMILES string of the molecule is CCCC1=Cc2c(-c3ccccc3CCC)cccc2[CH]1[Zr]([CH]1C(CCC)=Cc2c(-c3ccccc3CCC)cccc21)[SiH](C)C. The quantitative estimate of drug-likeness (QED) is 0.122. The maximum absolute atomic E-state index is 2.72. The number of aryl methyl sites for hydroxylation is 2. The van der Waals surface area contributed by atoms with E-state index in [4.69, 9.17) is 0 Å². The zero-order chi connectivity index (χ0) is 32.2. The predicted molar refractivity (Wildman–Crippen MR) is 202 cm³/mol. The molecule has 0 saturated carbocycles. The van der Waals surface area contributed by atoms with E-state index in [0.29, 0.717) is 7.25 Å². The van der Waals surface area contributed by atoms with Crippen LogP contribution in [0.4, 0.5) is 0 Å². The van der Waals surface area contributed by atoms with Crippen molar-refractivity contribution in [1.82, 2.24) is 0 Å². The van der Waals surface area contributed by atoms with Gasteiger partial charge in [-0.05, 0) is 0 Å². The van der Waals surface area contributed by atoms with Crippen molar-refractivity contribution < 1.29 is 20.9 Å². The first-order valence-corrected chi connectivity index (χ1v) is 28.2. The van der Waals surface area contributed by atoms with Gasteiger partial charge in [0.25, 0.3) is 0 Å². The third kappa shape index (κ3) is 6.34. The zero-order valence-corrected chi connectivity index (χ0v) is 32.7. The molecule has 2 unspecified atom stereocenters. The maximum atomic E-state index is 2.72. The second kappa shape index (κ2) is 15.1. The van der Waals surface area contributed by atoms with Crippen LogP contribution in [0.2, 0.25) is 13.1 Å². The average molecular weight is 701 g/mol. The van der Waals surface area contributed by atoms with Crippen LogP contribution in [0.5, 0.6) is 0 Å². The van der Waals surface area contributed by atoms with Gasteiger partial charge in [0.05, 0.1) is 0 Å². The Labute approximate surface area is 288 Å². The van der Waals surface area contributed by atoms with Crippen molar-refractivity contribution in [3.05, 3.63) is 129 Å². The standard InChI is InChI=1S/2C21H23.C2H7Si.Zr/c2*1-3-8-16-14-18-11-7-13-20(21(18)15-16)19-12-6-5-10-17(19)9-4-2;1-3-2;/h2*5-7,10-15H,3-4,8-9H2,1-2H3;3H,1-2H3;. The fraction of sp³-hybridized carbons (Fsp3) is 0.364. The molecule has 0 aliphatic heterocycles. The molecule has 2 aliphatic rings. The summed E-state index contributed by atoms with van der Waals surface area (Å²) in [7, 11) is 0. The van der Waals surface area contributed by atoms with E-state index < -0.39 is 26.8 Å². The summed E-state index contributed by atoms with van der Waals surface area (Å²) < 4.78 is 1.38. The van der Waals surface area contributed by atoms with Crippen LogP contribution in [-0.2, 0) is 33.8 Å². The van der Waals surface area contributed by atoms with E-state index in [2.05, 4.69) is 138 Å². The first-order valence-electron chi connectivity index (χ1n) is 18.2. The van der Waals surface area contributed by atoms with E-state index in [1.165, 1.54) is 71.9 Å². The van der Waals surface area contributed by atoms with Gasteiger partial charge in [0, 0.05) is 0 Å². The minimum atomic E-state index is -2.17. The molecule has 46 heavy (non-hydrogen) atoms. The Hall–Kier alpha value is -2.54. The summed E-state index contributed by atoms with van der Waals surface area (Å²) in [5.74, 6) is -0.942. The Kier molecular flexibility index (Phi) is 11.0. The molecule has 4 aromatic carbocycles. The van der Waals surface area contributed by atoms with Gasteiger partial charge in [-0.1, -0.05) is 0 Å². The fourth-order valence-corrected chi connectivity index (χ4v) is 31.4. The van der Waals surface area contributed by atoms with Crippen LogP contribution >= 0.6 is 0 Å². The summed E-state index contributed by atoms with van der Waals surface area (Å²) in [5.41, 5.74) is 18.8. The van der Waals surface area contributed by atoms with Gasteiger partial charge in [-0.25, -0.2) is 0 Å². The van der Waals surface area contributed by atoms with Crippen LogP contribution in [0.1, 0.15) is 107 Å². The van der Waals surface area contributed by atoms with E-state index in [1.54, 1.807) is 33.4 Å². The van der Waals surface area contributed by atoms with Crippen molar-refractivity contribution in [3.8, 4) is 22.3 Å². The number of benzene rings is 4. The van der Waals surface area contributed by atoms with Gasteiger partial charge >= 0.3 is 290 Å². The second-order valence-electron chi connectivity index (χ2n) is 13.9. The van der Waals surface area contributed by atoms with E-state index in [0.717, 1.165) is 12.8 Å². The molecular formula is C44H53SiZr. The molecule has 0 saturated heterocycles. The van der Waals surface area contributed by atoms with E-state index in [1.807, 2.05) is 0 Å². The number of rotatable bonds is 13. The molecule has 2 heteroatoms. The molecule has 6 rings (SSSR count). The van der Waals surface area contributed by atoms with Crippen LogP contribution in [0.3, 0.4) is 0 Å². The normalized spacial score (nSPS) is 16.8. The molecule has 0 heterocycles. The number of hydrogen-bond donors (Lipinski definition) is 0. The molecule has 0 bridgehead atoms. The van der Waals surface area contributed by atoms with Crippen LogP contribution in [0.15, 0.2) is 96.1 Å². The molecular weight excluding hydrogens is 648 g/mol. The van der Waals surface area contributed by atoms with E-state index in [9.17, 15) is 0 Å². The predicted octanol–water partition coefficient (Wildman–Crippen LogP) is 12.7. The van der Waals surface area contributed by atoms with Crippen molar-refractivity contribution in [3.63, 3.8) is 0 Å². The minimum absolute atomic E-state index is 0.689. The van der Waals surface area contributed by atoms with Gasteiger partial charge in [-0.3, -0.25) is 0 Å². The molecule has 237 valence electrons. The average Bonchev–Trinajstić information content (AvgIpc) is 3.61. The van der Waals surface area contributed by atoms with Crippen molar-refractivity contribution in [2.45, 2.75) is 99.4 Å². The monoisotopic (exact) mass is 699 g/mol. The van der Waals surface area contributed by atoms with Crippen LogP contribution in [-0.4, -0.2) is 5.92 Å². The molecule has 4 aromatic rings. The molecule has 0 nitrogen and oxygen atoms in total. The number of hydrogen-bond acceptors (Lipinski definition) is 0. The van der Waals surface area contributed by atoms with Gasteiger partial charge in [-0.2, -0.15) is 0 Å². The summed E-state index contributed by atoms with van der Waals surface area (Å²) in [6.45, 7) is 14.8. The summed E-state index contributed by atoms with van der Waals surface area (Å²) >= 11 is -2.17. The zero-order valence-electron chi connectivity index (χ0n) is 29.1. The Bertz CT molecular complexity index is 1620. The summed E-state index contributed by atoms with van der Waals surface area (Å²) in [6.07, 6.45) is 14.9.